The number of furan rings is 1. The first-order valence-electron chi connectivity index (χ1n) is 6.48. The van der Waals surface area contributed by atoms with Crippen molar-refractivity contribution in [2.75, 3.05) is 5.75 Å². The minimum Gasteiger partial charge on any atom is -0.464 e. The Morgan fingerprint density at radius 2 is 2.24 bits per heavy atom. The second kappa shape index (κ2) is 5.61. The standard InChI is InChI=1S/C14H13N3O3S/c1-2-17-13(19)15-16-14(17)21-8-11(18)10-7-20-12-6-4-3-5-9(10)12/h3-7H,2,8H2,1H3,(H,15,19). The smallest absolute Gasteiger partial charge is 0.343 e. The minimum absolute atomic E-state index is 0.0527. The van der Waals surface area contributed by atoms with Crippen molar-refractivity contribution in [1.29, 1.82) is 0 Å². The van der Waals surface area contributed by atoms with Crippen molar-refractivity contribution >= 4 is 28.5 Å². The number of ketones is 1. The lowest BCUT2D eigenvalue weighted by atomic mass is 10.1. The van der Waals surface area contributed by atoms with Gasteiger partial charge < -0.3 is 4.42 Å². The maximum Gasteiger partial charge on any atom is 0.343 e. The SMILES string of the molecule is CCn1c(SCC(=O)c2coc3ccccc23)n[nH]c1=O. The first kappa shape index (κ1) is 13.7. The van der Waals surface area contributed by atoms with Crippen molar-refractivity contribution in [3.63, 3.8) is 0 Å². The van der Waals surface area contributed by atoms with Crippen LogP contribution in [0.1, 0.15) is 17.3 Å². The lowest BCUT2D eigenvalue weighted by Gasteiger charge is -2.01. The molecule has 21 heavy (non-hydrogen) atoms. The number of H-pyrrole nitrogens is 1. The molecule has 108 valence electrons. The molecule has 0 bridgehead atoms. The van der Waals surface area contributed by atoms with Gasteiger partial charge in [-0.05, 0) is 13.0 Å². The van der Waals surface area contributed by atoms with Gasteiger partial charge in [0.25, 0.3) is 0 Å². The Bertz CT molecular complexity index is 846. The fraction of sp³-hybridized carbons (Fsp3) is 0.214. The number of Topliss-reactive ketones (excluding diaryl/α,β-unsaturated/α-hetero) is 1. The lowest BCUT2D eigenvalue weighted by Crippen LogP contribution is -2.16. The highest BCUT2D eigenvalue weighted by atomic mass is 32.2. The topological polar surface area (TPSA) is 80.9 Å². The monoisotopic (exact) mass is 303 g/mol. The number of aromatic nitrogens is 3. The summed E-state index contributed by atoms with van der Waals surface area (Å²) in [7, 11) is 0. The van der Waals surface area contributed by atoms with Gasteiger partial charge in [-0.3, -0.25) is 9.36 Å². The Hall–Kier alpha value is -2.28. The molecule has 3 aromatic rings. The van der Waals surface area contributed by atoms with Gasteiger partial charge in [0, 0.05) is 11.9 Å². The number of aromatic amines is 1. The highest BCUT2D eigenvalue weighted by Gasteiger charge is 2.15. The van der Waals surface area contributed by atoms with Crippen molar-refractivity contribution in [3.05, 3.63) is 46.6 Å². The molecular weight excluding hydrogens is 290 g/mol. The summed E-state index contributed by atoms with van der Waals surface area (Å²) in [5.41, 5.74) is 0.983. The Balaban J connectivity index is 1.79. The van der Waals surface area contributed by atoms with E-state index in [1.54, 1.807) is 0 Å². The summed E-state index contributed by atoms with van der Waals surface area (Å²) in [6, 6.07) is 7.40. The summed E-state index contributed by atoms with van der Waals surface area (Å²) >= 11 is 1.24. The van der Waals surface area contributed by atoms with Crippen molar-refractivity contribution in [3.8, 4) is 0 Å². The molecule has 6 nitrogen and oxygen atoms in total. The average Bonchev–Trinajstić information content (AvgIpc) is 3.08. The molecule has 0 spiro atoms. The van der Waals surface area contributed by atoms with Gasteiger partial charge in [0.15, 0.2) is 10.9 Å². The van der Waals surface area contributed by atoms with Gasteiger partial charge in [-0.25, -0.2) is 9.89 Å². The predicted molar refractivity (Wildman–Crippen MR) is 79.8 cm³/mol. The second-order valence-corrected chi connectivity index (χ2v) is 5.36. The van der Waals surface area contributed by atoms with E-state index < -0.39 is 0 Å². The second-order valence-electron chi connectivity index (χ2n) is 4.41. The molecule has 0 saturated heterocycles. The molecule has 0 amide bonds. The third-order valence-electron chi connectivity index (χ3n) is 3.15. The van der Waals surface area contributed by atoms with Gasteiger partial charge in [-0.2, -0.15) is 0 Å². The minimum atomic E-state index is -0.263. The van der Waals surface area contributed by atoms with E-state index in [-0.39, 0.29) is 17.2 Å². The maximum absolute atomic E-state index is 12.3. The van der Waals surface area contributed by atoms with Crippen LogP contribution in [0.5, 0.6) is 0 Å². The molecule has 3 rings (SSSR count). The Morgan fingerprint density at radius 1 is 1.43 bits per heavy atom. The van der Waals surface area contributed by atoms with Crippen LogP contribution >= 0.6 is 11.8 Å². The number of hydrogen-bond acceptors (Lipinski definition) is 5. The molecule has 0 fully saturated rings. The number of benzene rings is 1. The molecule has 2 aromatic heterocycles. The molecular formula is C14H13N3O3S. The van der Waals surface area contributed by atoms with Gasteiger partial charge in [-0.1, -0.05) is 30.0 Å². The van der Waals surface area contributed by atoms with Crippen LogP contribution < -0.4 is 5.69 Å². The van der Waals surface area contributed by atoms with E-state index in [9.17, 15) is 9.59 Å². The zero-order valence-corrected chi connectivity index (χ0v) is 12.1. The summed E-state index contributed by atoms with van der Waals surface area (Å²) in [5.74, 6) is 0.149. The molecule has 2 heterocycles. The predicted octanol–water partition coefficient (Wildman–Crippen LogP) is 2.31. The van der Waals surface area contributed by atoms with Crippen LogP contribution in [-0.4, -0.2) is 26.3 Å². The van der Waals surface area contributed by atoms with E-state index in [0.29, 0.717) is 22.8 Å². The Kier molecular flexibility index (Phi) is 3.66. The van der Waals surface area contributed by atoms with E-state index in [1.807, 2.05) is 31.2 Å². The molecule has 7 heteroatoms. The van der Waals surface area contributed by atoms with Crippen LogP contribution in [0.15, 0.2) is 44.9 Å². The molecule has 0 radical (unpaired) electrons. The summed E-state index contributed by atoms with van der Waals surface area (Å²) in [5, 5.41) is 7.62. The first-order chi connectivity index (χ1) is 10.2. The molecule has 0 aliphatic rings. The molecule has 1 N–H and O–H groups in total. The summed E-state index contributed by atoms with van der Waals surface area (Å²) in [6.45, 7) is 2.37. The van der Waals surface area contributed by atoms with Gasteiger partial charge in [-0.15, -0.1) is 5.10 Å². The number of carbonyl (C=O) groups excluding carboxylic acids is 1. The molecule has 0 aliphatic heterocycles. The number of hydrogen-bond donors (Lipinski definition) is 1. The Labute approximate surface area is 124 Å². The van der Waals surface area contributed by atoms with Crippen molar-refractivity contribution in [1.82, 2.24) is 14.8 Å². The average molecular weight is 303 g/mol. The lowest BCUT2D eigenvalue weighted by molar-refractivity contribution is 0.102. The number of rotatable bonds is 5. The van der Waals surface area contributed by atoms with E-state index in [0.717, 1.165) is 5.39 Å². The third kappa shape index (κ3) is 2.52. The molecule has 0 unspecified atom stereocenters. The van der Waals surface area contributed by atoms with Crippen LogP contribution in [0, 0.1) is 0 Å². The molecule has 0 aliphatic carbocycles. The van der Waals surface area contributed by atoms with Crippen LogP contribution in [0.2, 0.25) is 0 Å². The number of para-hydroxylation sites is 1. The van der Waals surface area contributed by atoms with Crippen molar-refractivity contribution in [2.45, 2.75) is 18.6 Å². The van der Waals surface area contributed by atoms with Crippen LogP contribution in [0.25, 0.3) is 11.0 Å². The highest BCUT2D eigenvalue weighted by Crippen LogP contribution is 2.23. The van der Waals surface area contributed by atoms with Crippen LogP contribution in [0.4, 0.5) is 0 Å². The number of fused-ring (bicyclic) bond motifs is 1. The normalized spacial score (nSPS) is 11.1. The first-order valence-corrected chi connectivity index (χ1v) is 7.46. The fourth-order valence-electron chi connectivity index (χ4n) is 2.09. The van der Waals surface area contributed by atoms with E-state index in [2.05, 4.69) is 10.2 Å². The van der Waals surface area contributed by atoms with Crippen LogP contribution in [0.3, 0.4) is 0 Å². The van der Waals surface area contributed by atoms with Crippen molar-refractivity contribution < 1.29 is 9.21 Å². The molecule has 0 atom stereocenters. The van der Waals surface area contributed by atoms with Crippen molar-refractivity contribution in [2.24, 2.45) is 0 Å². The maximum atomic E-state index is 12.3. The number of carbonyl (C=O) groups is 1. The summed E-state index contributed by atoms with van der Waals surface area (Å²) in [6.07, 6.45) is 1.48. The van der Waals surface area contributed by atoms with Gasteiger partial charge in [0.2, 0.25) is 0 Å². The van der Waals surface area contributed by atoms with Gasteiger partial charge in [0.05, 0.1) is 11.3 Å². The van der Waals surface area contributed by atoms with Gasteiger partial charge >= 0.3 is 5.69 Å². The summed E-state index contributed by atoms with van der Waals surface area (Å²) in [4.78, 5) is 23.7. The highest BCUT2D eigenvalue weighted by molar-refractivity contribution is 7.99. The third-order valence-corrected chi connectivity index (χ3v) is 4.13. The van der Waals surface area contributed by atoms with E-state index in [1.165, 1.54) is 22.6 Å². The van der Waals surface area contributed by atoms with Crippen LogP contribution in [-0.2, 0) is 6.54 Å². The quantitative estimate of drug-likeness (QED) is 0.578. The number of nitrogens with zero attached hydrogens (tertiary/aromatic N) is 2. The van der Waals surface area contributed by atoms with E-state index in [4.69, 9.17) is 4.42 Å². The number of nitrogens with one attached hydrogen (secondary N) is 1. The van der Waals surface area contributed by atoms with Gasteiger partial charge in [0.1, 0.15) is 11.8 Å². The largest absolute Gasteiger partial charge is 0.464 e. The summed E-state index contributed by atoms with van der Waals surface area (Å²) < 4.78 is 6.86. The zero-order chi connectivity index (χ0) is 14.8. The molecule has 1 aromatic carbocycles. The fourth-order valence-corrected chi connectivity index (χ4v) is 2.99. The zero-order valence-electron chi connectivity index (χ0n) is 11.3. The molecule has 0 saturated carbocycles. The Morgan fingerprint density at radius 3 is 3.05 bits per heavy atom. The number of thioether (sulfide) groups is 1. The van der Waals surface area contributed by atoms with E-state index >= 15 is 0 Å².